The molecule has 0 aliphatic heterocycles. The first-order valence-electron chi connectivity index (χ1n) is 5.19. The summed E-state index contributed by atoms with van der Waals surface area (Å²) in [6, 6.07) is 0. The van der Waals surface area contributed by atoms with Gasteiger partial charge in [-0.1, -0.05) is 17.7 Å². The number of hydrogen-bond donors (Lipinski definition) is 1. The lowest BCUT2D eigenvalue weighted by Gasteiger charge is -2.20. The first kappa shape index (κ1) is 11.2. The smallest absolute Gasteiger partial charge is 0.187 e. The average Bonchev–Trinajstić information content (AvgIpc) is 2.18. The van der Waals surface area contributed by atoms with Gasteiger partial charge in [0.25, 0.3) is 0 Å². The molecule has 0 aromatic carbocycles. The lowest BCUT2D eigenvalue weighted by Crippen LogP contribution is -2.26. The number of aliphatic hydroxyl groups excluding tert-OH is 1. The Balaban J connectivity index is 2.67. The molecule has 1 N–H and O–H groups in total. The fourth-order valence-corrected chi connectivity index (χ4v) is 1.78. The van der Waals surface area contributed by atoms with Crippen molar-refractivity contribution in [3.05, 3.63) is 23.3 Å². The molecule has 1 unspecified atom stereocenters. The van der Waals surface area contributed by atoms with Crippen molar-refractivity contribution >= 4 is 5.78 Å². The van der Waals surface area contributed by atoms with Gasteiger partial charge in [-0.2, -0.15) is 0 Å². The first-order valence-corrected chi connectivity index (χ1v) is 5.19. The lowest BCUT2D eigenvalue weighted by molar-refractivity contribution is -0.124. The minimum atomic E-state index is -0.751. The molecule has 2 nitrogen and oxygen atoms in total. The molecule has 0 aromatic heterocycles. The third kappa shape index (κ3) is 2.55. The number of aliphatic hydroxyl groups is 1. The zero-order valence-electron chi connectivity index (χ0n) is 8.92. The second-order valence-corrected chi connectivity index (χ2v) is 3.79. The fraction of sp³-hybridized carbons (Fsp3) is 0.583. The van der Waals surface area contributed by atoms with Crippen LogP contribution in [0.1, 0.15) is 39.5 Å². The highest BCUT2D eigenvalue weighted by Crippen LogP contribution is 2.25. The molecule has 0 amide bonds. The Bertz CT molecular complexity index is 274. The topological polar surface area (TPSA) is 37.3 Å². The van der Waals surface area contributed by atoms with Gasteiger partial charge in [-0.05, 0) is 45.1 Å². The highest BCUT2D eigenvalue weighted by atomic mass is 16.3. The van der Waals surface area contributed by atoms with Crippen LogP contribution >= 0.6 is 0 Å². The third-order valence-electron chi connectivity index (χ3n) is 2.70. The van der Waals surface area contributed by atoms with Gasteiger partial charge in [-0.15, -0.1) is 0 Å². The van der Waals surface area contributed by atoms with Gasteiger partial charge in [-0.25, -0.2) is 0 Å². The van der Waals surface area contributed by atoms with Crippen LogP contribution < -0.4 is 0 Å². The van der Waals surface area contributed by atoms with E-state index in [2.05, 4.69) is 6.08 Å². The highest BCUT2D eigenvalue weighted by Gasteiger charge is 2.25. The molecular weight excluding hydrogens is 176 g/mol. The SMILES string of the molecule is C/C=C/CCC1=C(C)CCC(O)C1=O. The number of Topliss-reactive ketones (excluding diaryl/α,β-unsaturated/α-hetero) is 1. The number of carbonyl (C=O) groups excluding carboxylic acids is 1. The molecule has 1 atom stereocenters. The van der Waals surface area contributed by atoms with Crippen molar-refractivity contribution in [3.8, 4) is 0 Å². The summed E-state index contributed by atoms with van der Waals surface area (Å²) in [5, 5.41) is 9.42. The highest BCUT2D eigenvalue weighted by molar-refractivity contribution is 6.00. The molecule has 0 saturated heterocycles. The van der Waals surface area contributed by atoms with Crippen LogP contribution in [0.5, 0.6) is 0 Å². The van der Waals surface area contributed by atoms with Crippen LogP contribution in [-0.4, -0.2) is 17.0 Å². The van der Waals surface area contributed by atoms with Gasteiger partial charge in [0.1, 0.15) is 6.10 Å². The van der Waals surface area contributed by atoms with Crippen molar-refractivity contribution in [2.24, 2.45) is 0 Å². The quantitative estimate of drug-likeness (QED) is 0.700. The van der Waals surface area contributed by atoms with E-state index in [4.69, 9.17) is 0 Å². The van der Waals surface area contributed by atoms with E-state index in [1.165, 1.54) is 0 Å². The Morgan fingerprint density at radius 2 is 2.29 bits per heavy atom. The molecule has 14 heavy (non-hydrogen) atoms. The van der Waals surface area contributed by atoms with Crippen LogP contribution in [0.15, 0.2) is 23.3 Å². The molecule has 1 aliphatic carbocycles. The second-order valence-electron chi connectivity index (χ2n) is 3.79. The summed E-state index contributed by atoms with van der Waals surface area (Å²) in [6.07, 6.45) is 6.40. The minimum Gasteiger partial charge on any atom is -0.385 e. The molecule has 0 aromatic rings. The molecule has 0 fully saturated rings. The molecule has 0 bridgehead atoms. The van der Waals surface area contributed by atoms with Crippen LogP contribution in [0, 0.1) is 0 Å². The number of rotatable bonds is 3. The number of allylic oxidation sites excluding steroid dienone is 3. The van der Waals surface area contributed by atoms with Gasteiger partial charge in [-0.3, -0.25) is 4.79 Å². The van der Waals surface area contributed by atoms with Crippen molar-refractivity contribution in [1.82, 2.24) is 0 Å². The normalized spacial score (nSPS) is 23.6. The summed E-state index contributed by atoms with van der Waals surface area (Å²) in [7, 11) is 0. The predicted molar refractivity (Wildman–Crippen MR) is 57.0 cm³/mol. The van der Waals surface area contributed by atoms with E-state index >= 15 is 0 Å². The molecule has 1 aliphatic rings. The molecule has 2 heteroatoms. The van der Waals surface area contributed by atoms with Crippen LogP contribution in [0.2, 0.25) is 0 Å². The maximum absolute atomic E-state index is 11.6. The van der Waals surface area contributed by atoms with Gasteiger partial charge in [0.2, 0.25) is 0 Å². The summed E-state index contributed by atoms with van der Waals surface area (Å²) in [6.45, 7) is 3.97. The van der Waals surface area contributed by atoms with Gasteiger partial charge in [0.15, 0.2) is 5.78 Å². The van der Waals surface area contributed by atoms with Crippen LogP contribution in [0.3, 0.4) is 0 Å². The second kappa shape index (κ2) is 5.11. The van der Waals surface area contributed by atoms with E-state index in [0.29, 0.717) is 6.42 Å². The fourth-order valence-electron chi connectivity index (χ4n) is 1.78. The van der Waals surface area contributed by atoms with E-state index in [1.54, 1.807) is 0 Å². The van der Waals surface area contributed by atoms with Gasteiger partial charge >= 0.3 is 0 Å². The predicted octanol–water partition coefficient (Wildman–Crippen LogP) is 2.38. The summed E-state index contributed by atoms with van der Waals surface area (Å²) in [4.78, 5) is 11.6. The summed E-state index contributed by atoms with van der Waals surface area (Å²) in [5.41, 5.74) is 2.01. The number of hydrogen-bond acceptors (Lipinski definition) is 2. The van der Waals surface area contributed by atoms with Crippen molar-refractivity contribution in [2.45, 2.75) is 45.6 Å². The maximum atomic E-state index is 11.6. The minimum absolute atomic E-state index is 0.0572. The van der Waals surface area contributed by atoms with E-state index in [1.807, 2.05) is 19.9 Å². The van der Waals surface area contributed by atoms with Crippen LogP contribution in [-0.2, 0) is 4.79 Å². The Kier molecular flexibility index (Phi) is 4.08. The van der Waals surface area contributed by atoms with Gasteiger partial charge in [0, 0.05) is 0 Å². The largest absolute Gasteiger partial charge is 0.385 e. The number of carbonyl (C=O) groups is 1. The van der Waals surface area contributed by atoms with Crippen molar-refractivity contribution in [2.75, 3.05) is 0 Å². The third-order valence-corrected chi connectivity index (χ3v) is 2.70. The van der Waals surface area contributed by atoms with Gasteiger partial charge < -0.3 is 5.11 Å². The monoisotopic (exact) mass is 194 g/mol. The Labute approximate surface area is 85.3 Å². The van der Waals surface area contributed by atoms with E-state index in [9.17, 15) is 9.90 Å². The van der Waals surface area contributed by atoms with E-state index < -0.39 is 6.10 Å². The molecule has 0 radical (unpaired) electrons. The Morgan fingerprint density at radius 3 is 2.93 bits per heavy atom. The average molecular weight is 194 g/mol. The Morgan fingerprint density at radius 1 is 1.57 bits per heavy atom. The zero-order valence-corrected chi connectivity index (χ0v) is 8.92. The first-order chi connectivity index (χ1) is 6.66. The van der Waals surface area contributed by atoms with Crippen LogP contribution in [0.4, 0.5) is 0 Å². The molecule has 0 saturated carbocycles. The van der Waals surface area contributed by atoms with E-state index in [-0.39, 0.29) is 5.78 Å². The zero-order chi connectivity index (χ0) is 10.6. The van der Waals surface area contributed by atoms with Crippen molar-refractivity contribution in [3.63, 3.8) is 0 Å². The van der Waals surface area contributed by atoms with Crippen LogP contribution in [0.25, 0.3) is 0 Å². The van der Waals surface area contributed by atoms with Gasteiger partial charge in [0.05, 0.1) is 0 Å². The van der Waals surface area contributed by atoms with E-state index in [0.717, 1.165) is 30.4 Å². The van der Waals surface area contributed by atoms with Crippen molar-refractivity contribution < 1.29 is 9.90 Å². The molecular formula is C12H18O2. The summed E-state index contributed by atoms with van der Waals surface area (Å²) < 4.78 is 0. The molecule has 1 rings (SSSR count). The summed E-state index contributed by atoms with van der Waals surface area (Å²) >= 11 is 0. The number of ketones is 1. The van der Waals surface area contributed by atoms with Crippen molar-refractivity contribution in [1.29, 1.82) is 0 Å². The summed E-state index contributed by atoms with van der Waals surface area (Å²) in [5.74, 6) is -0.0572. The molecule has 0 spiro atoms. The Hall–Kier alpha value is -0.890. The lowest BCUT2D eigenvalue weighted by atomic mass is 9.87. The molecule has 0 heterocycles. The maximum Gasteiger partial charge on any atom is 0.187 e. The molecule has 78 valence electrons. The standard InChI is InChI=1S/C12H18O2/c1-3-4-5-6-10-9(2)7-8-11(13)12(10)14/h3-4,11,13H,5-8H2,1-2H3/b4-3+.